The molecule has 0 bridgehead atoms. The van der Waals surface area contributed by atoms with Crippen LogP contribution in [0.2, 0.25) is 0 Å². The number of hydrogen-bond donors (Lipinski definition) is 1. The highest BCUT2D eigenvalue weighted by atomic mass is 16.6. The number of carbonyl (C=O) groups is 1. The van der Waals surface area contributed by atoms with Gasteiger partial charge in [-0.1, -0.05) is 6.08 Å². The van der Waals surface area contributed by atoms with Crippen LogP contribution in [0.3, 0.4) is 0 Å². The Labute approximate surface area is 96.4 Å². The Hall–Kier alpha value is -0.910. The van der Waals surface area contributed by atoms with E-state index in [-0.39, 0.29) is 12.0 Å². The second-order valence-electron chi connectivity index (χ2n) is 3.79. The van der Waals surface area contributed by atoms with Crippen molar-refractivity contribution in [3.63, 3.8) is 0 Å². The van der Waals surface area contributed by atoms with Gasteiger partial charge < -0.3 is 14.8 Å². The van der Waals surface area contributed by atoms with E-state index in [1.807, 2.05) is 6.08 Å². The quantitative estimate of drug-likeness (QED) is 0.514. The number of carbonyl (C=O) groups excluding carboxylic acids is 1. The molecular weight excluding hydrogens is 208 g/mol. The molecule has 0 saturated carbocycles. The van der Waals surface area contributed by atoms with Crippen molar-refractivity contribution in [2.75, 3.05) is 40.4 Å². The molecule has 0 unspecified atom stereocenters. The van der Waals surface area contributed by atoms with E-state index >= 15 is 0 Å². The van der Waals surface area contributed by atoms with Gasteiger partial charge in [0.2, 0.25) is 0 Å². The summed E-state index contributed by atoms with van der Waals surface area (Å²) in [5.41, 5.74) is 0. The van der Waals surface area contributed by atoms with Crippen LogP contribution in [0.5, 0.6) is 0 Å². The fraction of sp³-hybridized carbons (Fsp3) is 0.727. The maximum absolute atomic E-state index is 11.5. The molecule has 0 aromatic heterocycles. The molecular formula is C11H20N2O3. The molecule has 16 heavy (non-hydrogen) atoms. The minimum absolute atomic E-state index is 0.0221. The van der Waals surface area contributed by atoms with Crippen LogP contribution in [0.1, 0.15) is 0 Å². The van der Waals surface area contributed by atoms with Gasteiger partial charge in [0.1, 0.15) is 0 Å². The Kier molecular flexibility index (Phi) is 5.45. The third kappa shape index (κ3) is 3.30. The molecule has 92 valence electrons. The highest BCUT2D eigenvalue weighted by Crippen LogP contribution is 2.07. The average Bonchev–Trinajstić information content (AvgIpc) is 2.31. The summed E-state index contributed by atoms with van der Waals surface area (Å²) in [4.78, 5) is 13.7. The molecule has 1 saturated heterocycles. The largest absolute Gasteiger partial charge is 0.467 e. The Morgan fingerprint density at radius 2 is 2.44 bits per heavy atom. The van der Waals surface area contributed by atoms with E-state index < -0.39 is 6.10 Å². The highest BCUT2D eigenvalue weighted by Gasteiger charge is 2.32. The number of nitrogens with zero attached hydrogens (tertiary/aromatic N) is 1. The molecule has 0 aromatic rings. The molecule has 0 spiro atoms. The lowest BCUT2D eigenvalue weighted by atomic mass is 10.1. The van der Waals surface area contributed by atoms with Crippen LogP contribution in [0.15, 0.2) is 12.7 Å². The summed E-state index contributed by atoms with van der Waals surface area (Å²) in [7, 11) is 2.90. The van der Waals surface area contributed by atoms with Gasteiger partial charge >= 0.3 is 5.97 Å². The number of piperazine rings is 1. The zero-order valence-electron chi connectivity index (χ0n) is 9.94. The molecule has 0 amide bonds. The van der Waals surface area contributed by atoms with Crippen molar-refractivity contribution in [2.45, 2.75) is 12.1 Å². The SMILES string of the molecule is C=CCN1CCN[C@H]([C@@H](OC)C(=O)OC)C1. The smallest absolute Gasteiger partial charge is 0.336 e. The van der Waals surface area contributed by atoms with Crippen molar-refractivity contribution in [3.8, 4) is 0 Å². The van der Waals surface area contributed by atoms with Crippen LogP contribution in [0, 0.1) is 0 Å². The lowest BCUT2D eigenvalue weighted by Gasteiger charge is -2.35. The lowest BCUT2D eigenvalue weighted by Crippen LogP contribution is -2.58. The molecule has 0 aromatic carbocycles. The summed E-state index contributed by atoms with van der Waals surface area (Å²) in [6.45, 7) is 7.10. The molecule has 1 aliphatic heterocycles. The molecule has 5 heteroatoms. The van der Waals surface area contributed by atoms with Crippen molar-refractivity contribution in [2.24, 2.45) is 0 Å². The van der Waals surface area contributed by atoms with Crippen LogP contribution in [-0.4, -0.2) is 63.4 Å². The number of methoxy groups -OCH3 is 2. The number of esters is 1. The third-order valence-electron chi connectivity index (χ3n) is 2.73. The summed E-state index contributed by atoms with van der Waals surface area (Å²) in [6.07, 6.45) is 1.32. The van der Waals surface area contributed by atoms with E-state index in [2.05, 4.69) is 16.8 Å². The average molecular weight is 228 g/mol. The van der Waals surface area contributed by atoms with Crippen molar-refractivity contribution < 1.29 is 14.3 Å². The Bertz CT molecular complexity index is 245. The third-order valence-corrected chi connectivity index (χ3v) is 2.73. The van der Waals surface area contributed by atoms with Gasteiger partial charge in [-0.15, -0.1) is 6.58 Å². The van der Waals surface area contributed by atoms with Gasteiger partial charge in [-0.3, -0.25) is 4.90 Å². The summed E-state index contributed by atoms with van der Waals surface area (Å²) in [5, 5.41) is 3.27. The van der Waals surface area contributed by atoms with Gasteiger partial charge in [0.25, 0.3) is 0 Å². The van der Waals surface area contributed by atoms with Gasteiger partial charge in [0.05, 0.1) is 13.2 Å². The standard InChI is InChI=1S/C11H20N2O3/c1-4-6-13-7-5-12-9(8-13)10(15-2)11(14)16-3/h4,9-10,12H,1,5-8H2,2-3H3/t9-,10+/m0/s1. The Morgan fingerprint density at radius 3 is 3.00 bits per heavy atom. The summed E-state index contributed by atoms with van der Waals surface area (Å²) < 4.78 is 9.89. The van der Waals surface area contributed by atoms with Crippen LogP contribution in [0.25, 0.3) is 0 Å². The second-order valence-corrected chi connectivity index (χ2v) is 3.79. The monoisotopic (exact) mass is 228 g/mol. The zero-order valence-corrected chi connectivity index (χ0v) is 9.94. The van der Waals surface area contributed by atoms with E-state index in [9.17, 15) is 4.79 Å². The molecule has 1 rings (SSSR count). The number of rotatable bonds is 5. The van der Waals surface area contributed by atoms with E-state index in [0.717, 1.165) is 26.2 Å². The van der Waals surface area contributed by atoms with Crippen LogP contribution in [0.4, 0.5) is 0 Å². The zero-order chi connectivity index (χ0) is 12.0. The first-order valence-corrected chi connectivity index (χ1v) is 5.40. The topological polar surface area (TPSA) is 50.8 Å². The van der Waals surface area contributed by atoms with Gasteiger partial charge in [-0.2, -0.15) is 0 Å². The first-order valence-electron chi connectivity index (χ1n) is 5.40. The van der Waals surface area contributed by atoms with Crippen LogP contribution in [-0.2, 0) is 14.3 Å². The minimum atomic E-state index is -0.544. The van der Waals surface area contributed by atoms with Crippen molar-refractivity contribution in [1.82, 2.24) is 10.2 Å². The predicted molar refractivity (Wildman–Crippen MR) is 61.2 cm³/mol. The first kappa shape index (κ1) is 13.2. The molecule has 1 N–H and O–H groups in total. The predicted octanol–water partition coefficient (Wildman–Crippen LogP) is -0.366. The van der Waals surface area contributed by atoms with E-state index in [0.29, 0.717) is 0 Å². The maximum Gasteiger partial charge on any atom is 0.336 e. The number of nitrogens with one attached hydrogen (secondary N) is 1. The Balaban J connectivity index is 2.56. The summed E-state index contributed by atoms with van der Waals surface area (Å²) in [6, 6.07) is -0.0221. The molecule has 1 heterocycles. The molecule has 5 nitrogen and oxygen atoms in total. The van der Waals surface area contributed by atoms with Gasteiger partial charge in [0.15, 0.2) is 6.10 Å². The van der Waals surface area contributed by atoms with E-state index in [1.54, 1.807) is 0 Å². The fourth-order valence-electron chi connectivity index (χ4n) is 1.93. The normalized spacial score (nSPS) is 23.8. The summed E-state index contributed by atoms with van der Waals surface area (Å²) in [5.74, 6) is -0.333. The second kappa shape index (κ2) is 6.62. The fourth-order valence-corrected chi connectivity index (χ4v) is 1.93. The molecule has 0 radical (unpaired) electrons. The first-order chi connectivity index (χ1) is 7.72. The Morgan fingerprint density at radius 1 is 1.69 bits per heavy atom. The molecule has 0 aliphatic carbocycles. The van der Waals surface area contributed by atoms with Crippen molar-refractivity contribution >= 4 is 5.97 Å². The maximum atomic E-state index is 11.5. The molecule has 1 aliphatic rings. The lowest BCUT2D eigenvalue weighted by molar-refractivity contribution is -0.154. The van der Waals surface area contributed by atoms with Crippen molar-refractivity contribution in [1.29, 1.82) is 0 Å². The van der Waals surface area contributed by atoms with Gasteiger partial charge in [0, 0.05) is 33.3 Å². The van der Waals surface area contributed by atoms with Crippen molar-refractivity contribution in [3.05, 3.63) is 12.7 Å². The van der Waals surface area contributed by atoms with Gasteiger partial charge in [-0.05, 0) is 0 Å². The minimum Gasteiger partial charge on any atom is -0.467 e. The van der Waals surface area contributed by atoms with E-state index in [4.69, 9.17) is 9.47 Å². The van der Waals surface area contributed by atoms with E-state index in [1.165, 1.54) is 14.2 Å². The number of hydrogen-bond acceptors (Lipinski definition) is 5. The highest BCUT2D eigenvalue weighted by molar-refractivity contribution is 5.75. The van der Waals surface area contributed by atoms with Crippen LogP contribution < -0.4 is 5.32 Å². The molecule has 2 atom stereocenters. The molecule has 1 fully saturated rings. The van der Waals surface area contributed by atoms with Gasteiger partial charge in [-0.25, -0.2) is 4.79 Å². The number of ether oxygens (including phenoxy) is 2. The van der Waals surface area contributed by atoms with Crippen LogP contribution >= 0.6 is 0 Å². The summed E-state index contributed by atoms with van der Waals surface area (Å²) >= 11 is 0.